The molecule has 5 nitrogen and oxygen atoms in total. The molecule has 2 N–H and O–H groups in total. The smallest absolute Gasteiger partial charge is 0.238 e. The topological polar surface area (TPSA) is 59.6 Å². The van der Waals surface area contributed by atoms with Gasteiger partial charge in [0, 0.05) is 12.1 Å². The summed E-state index contributed by atoms with van der Waals surface area (Å²) < 4.78 is 10.5. The fourth-order valence-electron chi connectivity index (χ4n) is 2.70. The molecular formula is C20H26N2O3. The van der Waals surface area contributed by atoms with Crippen LogP contribution in [0.5, 0.6) is 11.5 Å². The van der Waals surface area contributed by atoms with Crippen LogP contribution in [-0.4, -0.2) is 26.7 Å². The lowest BCUT2D eigenvalue weighted by molar-refractivity contribution is -0.115. The predicted octanol–water partition coefficient (Wildman–Crippen LogP) is 3.63. The molecular weight excluding hydrogens is 316 g/mol. The van der Waals surface area contributed by atoms with Crippen LogP contribution in [0.2, 0.25) is 0 Å². The van der Waals surface area contributed by atoms with Crippen LogP contribution >= 0.6 is 0 Å². The fraction of sp³-hybridized carbons (Fsp3) is 0.350. The largest absolute Gasteiger partial charge is 0.497 e. The quantitative estimate of drug-likeness (QED) is 0.769. The Kier molecular flexibility index (Phi) is 6.83. The van der Waals surface area contributed by atoms with Gasteiger partial charge in [-0.3, -0.25) is 4.79 Å². The molecule has 1 atom stereocenters. The summed E-state index contributed by atoms with van der Waals surface area (Å²) >= 11 is 0. The van der Waals surface area contributed by atoms with Gasteiger partial charge in [-0.2, -0.15) is 0 Å². The van der Waals surface area contributed by atoms with Crippen molar-refractivity contribution in [2.45, 2.75) is 19.9 Å². The lowest BCUT2D eigenvalue weighted by Crippen LogP contribution is -2.33. The van der Waals surface area contributed by atoms with Crippen LogP contribution in [0.4, 0.5) is 5.69 Å². The van der Waals surface area contributed by atoms with E-state index in [9.17, 15) is 4.79 Å². The van der Waals surface area contributed by atoms with Crippen LogP contribution in [0.3, 0.4) is 0 Å². The number of nitrogens with one attached hydrogen (secondary N) is 2. The van der Waals surface area contributed by atoms with Crippen LogP contribution < -0.4 is 20.1 Å². The van der Waals surface area contributed by atoms with E-state index in [1.54, 1.807) is 32.4 Å². The van der Waals surface area contributed by atoms with Gasteiger partial charge in [-0.15, -0.1) is 0 Å². The molecule has 0 aromatic heterocycles. The van der Waals surface area contributed by atoms with Gasteiger partial charge in [0.2, 0.25) is 5.91 Å². The summed E-state index contributed by atoms with van der Waals surface area (Å²) in [5.74, 6) is 1.49. The molecule has 25 heavy (non-hydrogen) atoms. The molecule has 5 heteroatoms. The Labute approximate surface area is 149 Å². The number of amides is 1. The summed E-state index contributed by atoms with van der Waals surface area (Å²) in [6.45, 7) is 4.48. The molecule has 0 aliphatic heterocycles. The molecule has 0 heterocycles. The van der Waals surface area contributed by atoms with E-state index < -0.39 is 0 Å². The summed E-state index contributed by atoms with van der Waals surface area (Å²) in [5.41, 5.74) is 1.79. The van der Waals surface area contributed by atoms with Crippen molar-refractivity contribution in [2.24, 2.45) is 5.92 Å². The second-order valence-corrected chi connectivity index (χ2v) is 6.13. The van der Waals surface area contributed by atoms with Gasteiger partial charge in [0.05, 0.1) is 26.5 Å². The van der Waals surface area contributed by atoms with Crippen molar-refractivity contribution in [1.82, 2.24) is 5.32 Å². The van der Waals surface area contributed by atoms with Crippen LogP contribution in [0, 0.1) is 5.92 Å². The molecule has 0 bridgehead atoms. The molecule has 0 saturated carbocycles. The first-order chi connectivity index (χ1) is 12.0. The summed E-state index contributed by atoms with van der Waals surface area (Å²) in [4.78, 5) is 12.3. The van der Waals surface area contributed by atoms with Crippen molar-refractivity contribution in [3.63, 3.8) is 0 Å². The van der Waals surface area contributed by atoms with Gasteiger partial charge in [-0.05, 0) is 23.6 Å². The molecule has 0 radical (unpaired) electrons. The molecule has 2 rings (SSSR count). The van der Waals surface area contributed by atoms with Gasteiger partial charge in [0.25, 0.3) is 0 Å². The van der Waals surface area contributed by atoms with E-state index >= 15 is 0 Å². The van der Waals surface area contributed by atoms with Gasteiger partial charge >= 0.3 is 0 Å². The van der Waals surface area contributed by atoms with Crippen LogP contribution in [-0.2, 0) is 4.79 Å². The standard InChI is InChI=1S/C20H26N2O3/c1-14(2)20(15-8-6-5-7-9-15)21-13-19(23)22-17-11-10-16(24-3)12-18(17)25-4/h5-12,14,20-21H,13H2,1-4H3,(H,22,23)/t20-/m1/s1. The number of methoxy groups -OCH3 is 2. The number of anilines is 1. The van der Waals surface area contributed by atoms with Gasteiger partial charge in [0.1, 0.15) is 11.5 Å². The molecule has 0 aliphatic carbocycles. The Morgan fingerprint density at radius 2 is 1.76 bits per heavy atom. The summed E-state index contributed by atoms with van der Waals surface area (Å²) in [6, 6.07) is 15.6. The first-order valence-corrected chi connectivity index (χ1v) is 8.35. The normalized spacial score (nSPS) is 11.9. The van der Waals surface area contributed by atoms with Gasteiger partial charge in [-0.25, -0.2) is 0 Å². The summed E-state index contributed by atoms with van der Waals surface area (Å²) in [6.07, 6.45) is 0. The Bertz CT molecular complexity index is 687. The zero-order valence-corrected chi connectivity index (χ0v) is 15.2. The van der Waals surface area contributed by atoms with E-state index in [0.717, 1.165) is 0 Å². The number of hydrogen-bond acceptors (Lipinski definition) is 4. The highest BCUT2D eigenvalue weighted by molar-refractivity contribution is 5.93. The number of ether oxygens (including phenoxy) is 2. The zero-order chi connectivity index (χ0) is 18.2. The second kappa shape index (κ2) is 9.08. The molecule has 2 aromatic rings. The number of carbonyl (C=O) groups excluding carboxylic acids is 1. The third-order valence-corrected chi connectivity index (χ3v) is 3.99. The minimum absolute atomic E-state index is 0.115. The van der Waals surface area contributed by atoms with E-state index in [1.165, 1.54) is 5.56 Å². The molecule has 2 aromatic carbocycles. The minimum Gasteiger partial charge on any atom is -0.497 e. The van der Waals surface area contributed by atoms with Crippen molar-refractivity contribution in [3.05, 3.63) is 54.1 Å². The fourth-order valence-corrected chi connectivity index (χ4v) is 2.70. The minimum atomic E-state index is -0.120. The van der Waals surface area contributed by atoms with Crippen molar-refractivity contribution in [2.75, 3.05) is 26.1 Å². The lowest BCUT2D eigenvalue weighted by Gasteiger charge is -2.23. The average molecular weight is 342 g/mol. The average Bonchev–Trinajstić information content (AvgIpc) is 2.62. The monoisotopic (exact) mass is 342 g/mol. The predicted molar refractivity (Wildman–Crippen MR) is 100 cm³/mol. The van der Waals surface area contributed by atoms with Gasteiger partial charge in [0.15, 0.2) is 0 Å². The highest BCUT2D eigenvalue weighted by Crippen LogP contribution is 2.29. The van der Waals surface area contributed by atoms with Crippen molar-refractivity contribution in [1.29, 1.82) is 0 Å². The molecule has 0 unspecified atom stereocenters. The van der Waals surface area contributed by atoms with E-state index in [-0.39, 0.29) is 18.5 Å². The van der Waals surface area contributed by atoms with Crippen LogP contribution in [0.1, 0.15) is 25.5 Å². The third kappa shape index (κ3) is 5.22. The third-order valence-electron chi connectivity index (χ3n) is 3.99. The van der Waals surface area contributed by atoms with Gasteiger partial charge in [-0.1, -0.05) is 44.2 Å². The maximum absolute atomic E-state index is 12.3. The SMILES string of the molecule is COc1ccc(NC(=O)CN[C@@H](c2ccccc2)C(C)C)c(OC)c1. The lowest BCUT2D eigenvalue weighted by atomic mass is 9.96. The van der Waals surface area contributed by atoms with E-state index in [2.05, 4.69) is 36.6 Å². The molecule has 0 saturated heterocycles. The van der Waals surface area contributed by atoms with Crippen molar-refractivity contribution >= 4 is 11.6 Å². The Morgan fingerprint density at radius 3 is 2.36 bits per heavy atom. The molecule has 0 spiro atoms. The number of hydrogen-bond donors (Lipinski definition) is 2. The number of benzene rings is 2. The maximum atomic E-state index is 12.3. The molecule has 0 aliphatic rings. The summed E-state index contributed by atoms with van der Waals surface area (Å²) in [7, 11) is 3.15. The second-order valence-electron chi connectivity index (χ2n) is 6.13. The maximum Gasteiger partial charge on any atom is 0.238 e. The highest BCUT2D eigenvalue weighted by atomic mass is 16.5. The van der Waals surface area contributed by atoms with Crippen LogP contribution in [0.25, 0.3) is 0 Å². The number of rotatable bonds is 8. The van der Waals surface area contributed by atoms with E-state index in [0.29, 0.717) is 23.1 Å². The van der Waals surface area contributed by atoms with Crippen molar-refractivity contribution < 1.29 is 14.3 Å². The Balaban J connectivity index is 2.00. The first-order valence-electron chi connectivity index (χ1n) is 8.35. The molecule has 134 valence electrons. The molecule has 0 fully saturated rings. The van der Waals surface area contributed by atoms with Gasteiger partial charge < -0.3 is 20.1 Å². The van der Waals surface area contributed by atoms with E-state index in [1.807, 2.05) is 18.2 Å². The first kappa shape index (κ1) is 18.8. The summed E-state index contributed by atoms with van der Waals surface area (Å²) in [5, 5.41) is 6.21. The Hall–Kier alpha value is -2.53. The van der Waals surface area contributed by atoms with Crippen molar-refractivity contribution in [3.8, 4) is 11.5 Å². The van der Waals surface area contributed by atoms with E-state index in [4.69, 9.17) is 9.47 Å². The zero-order valence-electron chi connectivity index (χ0n) is 15.2. The Morgan fingerprint density at radius 1 is 1.04 bits per heavy atom. The number of carbonyl (C=O) groups is 1. The molecule has 1 amide bonds. The van der Waals surface area contributed by atoms with Crippen LogP contribution in [0.15, 0.2) is 48.5 Å². The highest BCUT2D eigenvalue weighted by Gasteiger charge is 2.17.